The fraction of sp³-hybridized carbons (Fsp3) is 0.533. The zero-order valence-electron chi connectivity index (χ0n) is 11.5. The molecular formula is C15H20IO2-. The van der Waals surface area contributed by atoms with Crippen LogP contribution in [-0.4, -0.2) is 5.97 Å². The van der Waals surface area contributed by atoms with Crippen LogP contribution < -0.4 is 5.11 Å². The van der Waals surface area contributed by atoms with Crippen molar-refractivity contribution in [1.82, 2.24) is 0 Å². The van der Waals surface area contributed by atoms with E-state index in [4.69, 9.17) is 0 Å². The van der Waals surface area contributed by atoms with Gasteiger partial charge in [0.25, 0.3) is 0 Å². The van der Waals surface area contributed by atoms with Crippen LogP contribution >= 0.6 is 22.6 Å². The van der Waals surface area contributed by atoms with E-state index in [0.29, 0.717) is 0 Å². The van der Waals surface area contributed by atoms with Crippen molar-refractivity contribution in [3.8, 4) is 0 Å². The lowest BCUT2D eigenvalue weighted by Crippen LogP contribution is -2.22. The van der Waals surface area contributed by atoms with E-state index in [9.17, 15) is 9.90 Å². The third-order valence-electron chi connectivity index (χ3n) is 3.57. The number of rotatable bonds is 3. The van der Waals surface area contributed by atoms with E-state index in [1.54, 1.807) is 6.92 Å². The van der Waals surface area contributed by atoms with Crippen molar-refractivity contribution < 1.29 is 9.90 Å². The van der Waals surface area contributed by atoms with Crippen LogP contribution in [0.5, 0.6) is 0 Å². The van der Waals surface area contributed by atoms with Gasteiger partial charge in [-0.25, -0.2) is 0 Å². The first kappa shape index (κ1) is 15.5. The van der Waals surface area contributed by atoms with Gasteiger partial charge in [-0.1, -0.05) is 31.6 Å². The van der Waals surface area contributed by atoms with E-state index in [0.717, 1.165) is 12.0 Å². The van der Waals surface area contributed by atoms with Gasteiger partial charge in [-0.2, -0.15) is 0 Å². The third-order valence-corrected chi connectivity index (χ3v) is 4.86. The Balaban J connectivity index is 3.03. The molecular weight excluding hydrogens is 339 g/mol. The molecule has 0 amide bonds. The second-order valence-corrected chi connectivity index (χ2v) is 6.63. The number of hydrogen-bond donors (Lipinski definition) is 0. The van der Waals surface area contributed by atoms with Gasteiger partial charge in [0.1, 0.15) is 0 Å². The van der Waals surface area contributed by atoms with E-state index in [1.807, 2.05) is 28.7 Å². The maximum absolute atomic E-state index is 10.8. The van der Waals surface area contributed by atoms with Crippen LogP contribution in [0.15, 0.2) is 32.5 Å². The Kier molecular flexibility index (Phi) is 5.20. The van der Waals surface area contributed by atoms with Gasteiger partial charge >= 0.3 is 0 Å². The highest BCUT2D eigenvalue weighted by molar-refractivity contribution is 14.1. The first-order valence-corrected chi connectivity index (χ1v) is 7.29. The summed E-state index contributed by atoms with van der Waals surface area (Å²) in [7, 11) is 0. The molecule has 0 unspecified atom stereocenters. The van der Waals surface area contributed by atoms with E-state index in [2.05, 4.69) is 26.8 Å². The molecule has 0 atom stereocenters. The molecule has 2 nitrogen and oxygen atoms in total. The molecule has 0 aliphatic heterocycles. The lowest BCUT2D eigenvalue weighted by molar-refractivity contribution is -0.297. The van der Waals surface area contributed by atoms with Gasteiger partial charge in [0, 0.05) is 3.58 Å². The maximum atomic E-state index is 10.8. The van der Waals surface area contributed by atoms with Gasteiger partial charge in [0.2, 0.25) is 0 Å². The van der Waals surface area contributed by atoms with Gasteiger partial charge in [-0.05, 0) is 72.3 Å². The van der Waals surface area contributed by atoms with E-state index < -0.39 is 5.97 Å². The predicted octanol–water partition coefficient (Wildman–Crippen LogP) is 3.53. The molecule has 0 spiro atoms. The Labute approximate surface area is 123 Å². The topological polar surface area (TPSA) is 40.1 Å². The quantitative estimate of drug-likeness (QED) is 0.439. The number of allylic oxidation sites excluding steroid dienone is 5. The van der Waals surface area contributed by atoms with Crippen molar-refractivity contribution in [2.75, 3.05) is 0 Å². The second kappa shape index (κ2) is 6.04. The SMILES string of the molecule is CC1=C(/C=C/C(C)=C(/I)C(=O)[O-])C(C)(C)CCC1. The van der Waals surface area contributed by atoms with Crippen molar-refractivity contribution >= 4 is 28.6 Å². The van der Waals surface area contributed by atoms with Crippen LogP contribution in [0.4, 0.5) is 0 Å². The van der Waals surface area contributed by atoms with Gasteiger partial charge in [0.05, 0.1) is 5.97 Å². The molecule has 0 aromatic rings. The highest BCUT2D eigenvalue weighted by Crippen LogP contribution is 2.40. The summed E-state index contributed by atoms with van der Waals surface area (Å²) >= 11 is 1.82. The number of halogens is 1. The molecule has 0 radical (unpaired) electrons. The largest absolute Gasteiger partial charge is 0.544 e. The molecule has 0 aromatic carbocycles. The zero-order valence-corrected chi connectivity index (χ0v) is 13.6. The minimum Gasteiger partial charge on any atom is -0.544 e. The van der Waals surface area contributed by atoms with Crippen molar-refractivity contribution in [3.05, 3.63) is 32.5 Å². The molecule has 1 rings (SSSR count). The first-order chi connectivity index (χ1) is 8.25. The fourth-order valence-corrected chi connectivity index (χ4v) is 2.63. The Hall–Kier alpha value is -0.580. The van der Waals surface area contributed by atoms with Crippen LogP contribution in [0.1, 0.15) is 47.0 Å². The summed E-state index contributed by atoms with van der Waals surface area (Å²) in [6.45, 7) is 8.47. The van der Waals surface area contributed by atoms with Crippen molar-refractivity contribution in [1.29, 1.82) is 0 Å². The minimum atomic E-state index is -1.11. The molecule has 3 heteroatoms. The zero-order chi connectivity index (χ0) is 13.9. The Morgan fingerprint density at radius 3 is 2.56 bits per heavy atom. The summed E-state index contributed by atoms with van der Waals surface area (Å²) in [5.41, 5.74) is 3.69. The van der Waals surface area contributed by atoms with Crippen molar-refractivity contribution in [2.45, 2.75) is 47.0 Å². The normalized spacial score (nSPS) is 21.2. The second-order valence-electron chi connectivity index (χ2n) is 5.55. The number of aliphatic carboxylic acids is 1. The van der Waals surface area contributed by atoms with Crippen molar-refractivity contribution in [3.63, 3.8) is 0 Å². The predicted molar refractivity (Wildman–Crippen MR) is 81.2 cm³/mol. The number of carbonyl (C=O) groups excluding carboxylic acids is 1. The number of carboxylic acid groups (broad SMARTS) is 1. The summed E-state index contributed by atoms with van der Waals surface area (Å²) in [6.07, 6.45) is 7.53. The van der Waals surface area contributed by atoms with Crippen LogP contribution in [0, 0.1) is 5.41 Å². The van der Waals surface area contributed by atoms with Gasteiger partial charge in [-0.15, -0.1) is 0 Å². The lowest BCUT2D eigenvalue weighted by atomic mass is 9.72. The monoisotopic (exact) mass is 359 g/mol. The molecule has 0 aromatic heterocycles. The Morgan fingerprint density at radius 2 is 2.06 bits per heavy atom. The van der Waals surface area contributed by atoms with Crippen LogP contribution in [-0.2, 0) is 4.79 Å². The molecule has 0 bridgehead atoms. The first-order valence-electron chi connectivity index (χ1n) is 6.22. The van der Waals surface area contributed by atoms with Crippen LogP contribution in [0.2, 0.25) is 0 Å². The summed E-state index contributed by atoms with van der Waals surface area (Å²) in [5.74, 6) is -1.11. The fourth-order valence-electron chi connectivity index (χ4n) is 2.45. The van der Waals surface area contributed by atoms with E-state index >= 15 is 0 Å². The van der Waals surface area contributed by atoms with Crippen molar-refractivity contribution in [2.24, 2.45) is 5.41 Å². The molecule has 0 saturated carbocycles. The number of carboxylic acids is 1. The minimum absolute atomic E-state index is 0.187. The van der Waals surface area contributed by atoms with Crippen LogP contribution in [0.3, 0.4) is 0 Å². The average molecular weight is 359 g/mol. The summed E-state index contributed by atoms with van der Waals surface area (Å²) in [4.78, 5) is 10.8. The molecule has 0 fully saturated rings. The Bertz CT molecular complexity index is 439. The highest BCUT2D eigenvalue weighted by atomic mass is 127. The number of hydrogen-bond acceptors (Lipinski definition) is 2. The smallest absolute Gasteiger partial charge is 0.0779 e. The molecule has 18 heavy (non-hydrogen) atoms. The van der Waals surface area contributed by atoms with Gasteiger partial charge in [-0.3, -0.25) is 0 Å². The van der Waals surface area contributed by atoms with Crippen LogP contribution in [0.25, 0.3) is 0 Å². The van der Waals surface area contributed by atoms with E-state index in [-0.39, 0.29) is 8.99 Å². The molecule has 1 aliphatic carbocycles. The van der Waals surface area contributed by atoms with E-state index in [1.165, 1.54) is 24.0 Å². The molecule has 0 N–H and O–H groups in total. The summed E-state index contributed by atoms with van der Waals surface area (Å²) in [6, 6.07) is 0. The summed E-state index contributed by atoms with van der Waals surface area (Å²) in [5, 5.41) is 10.8. The van der Waals surface area contributed by atoms with Gasteiger partial charge in [0.15, 0.2) is 0 Å². The Morgan fingerprint density at radius 1 is 1.44 bits per heavy atom. The molecule has 100 valence electrons. The van der Waals surface area contributed by atoms with Gasteiger partial charge < -0.3 is 9.90 Å². The number of carbonyl (C=O) groups is 1. The maximum Gasteiger partial charge on any atom is 0.0779 e. The standard InChI is InChI=1S/C15H21IO2/c1-10-6-5-9-15(3,4)12(10)8-7-11(2)13(16)14(17)18/h7-8H,5-6,9H2,1-4H3,(H,17,18)/p-1/b8-7+,13-11+. The molecule has 0 heterocycles. The highest BCUT2D eigenvalue weighted by Gasteiger charge is 2.26. The third kappa shape index (κ3) is 3.70. The molecule has 0 saturated heterocycles. The average Bonchev–Trinajstić information content (AvgIpc) is 2.25. The lowest BCUT2D eigenvalue weighted by Gasteiger charge is -2.33. The molecule has 1 aliphatic rings. The summed E-state index contributed by atoms with van der Waals surface area (Å²) < 4.78 is 0.274.